The van der Waals surface area contributed by atoms with Gasteiger partial charge in [-0.2, -0.15) is 0 Å². The van der Waals surface area contributed by atoms with Gasteiger partial charge in [-0.05, 0) is 95.6 Å². The van der Waals surface area contributed by atoms with Crippen LogP contribution in [0.5, 0.6) is 0 Å². The van der Waals surface area contributed by atoms with Crippen molar-refractivity contribution >= 4 is 27.0 Å². The fourth-order valence-electron chi connectivity index (χ4n) is 4.22. The van der Waals surface area contributed by atoms with E-state index in [1.54, 1.807) is 0 Å². The highest BCUT2D eigenvalue weighted by Gasteiger charge is 2.38. The van der Waals surface area contributed by atoms with Gasteiger partial charge in [-0.1, -0.05) is 49.6 Å². The zero-order valence-electron chi connectivity index (χ0n) is 17.1. The van der Waals surface area contributed by atoms with Crippen molar-refractivity contribution < 1.29 is 4.12 Å². The molecule has 4 rings (SSSR count). The second-order valence-electron chi connectivity index (χ2n) is 9.05. The van der Waals surface area contributed by atoms with Gasteiger partial charge in [0.25, 0.3) is 0 Å². The summed E-state index contributed by atoms with van der Waals surface area (Å²) in [6.07, 6.45) is 4.85. The van der Waals surface area contributed by atoms with Gasteiger partial charge in [0.15, 0.2) is 0 Å². The molecule has 0 fully saturated rings. The molecular formula is C24H30OSi2. The molecule has 0 amide bonds. The van der Waals surface area contributed by atoms with Crippen LogP contribution in [0.3, 0.4) is 0 Å². The number of hydrogen-bond donors (Lipinski definition) is 0. The minimum atomic E-state index is -2.10. The zero-order valence-corrected chi connectivity index (χ0v) is 19.1. The lowest BCUT2D eigenvalue weighted by molar-refractivity contribution is 0.575. The summed E-state index contributed by atoms with van der Waals surface area (Å²) in [5.41, 5.74) is 8.50. The summed E-state index contributed by atoms with van der Waals surface area (Å²) in [6.45, 7) is 18.1. The van der Waals surface area contributed by atoms with Crippen molar-refractivity contribution in [2.75, 3.05) is 0 Å². The third-order valence-corrected chi connectivity index (χ3v) is 14.0. The molecule has 0 saturated carbocycles. The van der Waals surface area contributed by atoms with Crippen LogP contribution in [0.4, 0.5) is 0 Å². The van der Waals surface area contributed by atoms with E-state index in [-0.39, 0.29) is 0 Å². The molecule has 0 heterocycles. The van der Waals surface area contributed by atoms with Gasteiger partial charge >= 0.3 is 0 Å². The van der Waals surface area contributed by atoms with Crippen LogP contribution in [-0.4, -0.2) is 16.6 Å². The van der Waals surface area contributed by atoms with E-state index in [1.807, 2.05) is 0 Å². The predicted octanol–water partition coefficient (Wildman–Crippen LogP) is 6.12. The van der Waals surface area contributed by atoms with Gasteiger partial charge in [0.1, 0.15) is 0 Å². The average molecular weight is 391 g/mol. The van der Waals surface area contributed by atoms with Gasteiger partial charge in [0, 0.05) is 0 Å². The highest BCUT2D eigenvalue weighted by atomic mass is 28.4. The maximum absolute atomic E-state index is 6.91. The van der Waals surface area contributed by atoms with Crippen LogP contribution >= 0.6 is 0 Å². The van der Waals surface area contributed by atoms with E-state index in [9.17, 15) is 0 Å². The fraction of sp³-hybridized carbons (Fsp3) is 0.333. The topological polar surface area (TPSA) is 9.23 Å². The first-order valence-electron chi connectivity index (χ1n) is 10.0. The van der Waals surface area contributed by atoms with Crippen molar-refractivity contribution in [3.05, 3.63) is 82.9 Å². The molecule has 1 nitrogen and oxygen atoms in total. The number of hydrogen-bond acceptors (Lipinski definition) is 1. The molecule has 2 aliphatic carbocycles. The molecule has 0 aromatic heterocycles. The van der Waals surface area contributed by atoms with Crippen molar-refractivity contribution in [3.63, 3.8) is 0 Å². The first-order chi connectivity index (χ1) is 12.7. The van der Waals surface area contributed by atoms with Gasteiger partial charge < -0.3 is 4.12 Å². The van der Waals surface area contributed by atoms with Crippen LogP contribution in [0.25, 0.3) is 10.4 Å². The van der Waals surface area contributed by atoms with Crippen molar-refractivity contribution in [1.29, 1.82) is 0 Å². The molecule has 2 aliphatic rings. The van der Waals surface area contributed by atoms with Crippen LogP contribution in [0, 0.1) is 0 Å². The van der Waals surface area contributed by atoms with Crippen LogP contribution in [-0.2, 0) is 29.8 Å². The molecule has 0 radical (unpaired) electrons. The summed E-state index contributed by atoms with van der Waals surface area (Å²) < 4.78 is 6.91. The number of fused-ring (bicyclic) bond motifs is 2. The number of aryl methyl sites for hydroxylation is 4. The number of rotatable bonds is 6. The van der Waals surface area contributed by atoms with Crippen molar-refractivity contribution in [2.45, 2.75) is 51.9 Å². The van der Waals surface area contributed by atoms with E-state index < -0.39 is 16.6 Å². The molecule has 140 valence electrons. The van der Waals surface area contributed by atoms with Crippen LogP contribution < -0.4 is 0 Å². The van der Waals surface area contributed by atoms with Gasteiger partial charge in [-0.15, -0.1) is 0 Å². The van der Waals surface area contributed by atoms with E-state index in [0.29, 0.717) is 0 Å². The first kappa shape index (κ1) is 18.7. The van der Waals surface area contributed by atoms with E-state index in [0.717, 1.165) is 0 Å². The average Bonchev–Trinajstić information content (AvgIpc) is 2.55. The largest absolute Gasteiger partial charge is 0.449 e. The zero-order chi connectivity index (χ0) is 19.4. The quantitative estimate of drug-likeness (QED) is 0.540. The molecule has 0 spiro atoms. The highest BCUT2D eigenvalue weighted by molar-refractivity contribution is 7.01. The van der Waals surface area contributed by atoms with Crippen LogP contribution in [0.1, 0.15) is 33.4 Å². The first-order valence-corrected chi connectivity index (χ1v) is 15.8. The Morgan fingerprint density at radius 3 is 1.33 bits per heavy atom. The number of benzene rings is 2. The third kappa shape index (κ3) is 3.33. The Morgan fingerprint density at radius 2 is 1.04 bits per heavy atom. The maximum atomic E-state index is 6.91. The lowest BCUT2D eigenvalue weighted by Crippen LogP contribution is -2.46. The van der Waals surface area contributed by atoms with Crippen LogP contribution in [0.2, 0.25) is 26.2 Å². The Kier molecular flexibility index (Phi) is 4.45. The van der Waals surface area contributed by atoms with Crippen molar-refractivity contribution in [3.8, 4) is 0 Å². The molecule has 0 atom stereocenters. The van der Waals surface area contributed by atoms with Gasteiger partial charge in [0.2, 0.25) is 16.6 Å². The standard InChI is InChI=1S/C24H30OSi2/c1-17(21-11-7-19-9-13-23(19)15-21)26(3,4)25-27(5,6)18(2)22-12-8-20-10-14-24(20)16-22/h7-8,11-12,15-16H,1-2,9-10,13-14H2,3-6H3. The molecular weight excluding hydrogens is 360 g/mol. The molecule has 2 aromatic rings. The monoisotopic (exact) mass is 390 g/mol. The smallest absolute Gasteiger partial charge is 0.206 e. The lowest BCUT2D eigenvalue weighted by Gasteiger charge is -2.37. The summed E-state index contributed by atoms with van der Waals surface area (Å²) in [5, 5.41) is 2.39. The van der Waals surface area contributed by atoms with E-state index in [4.69, 9.17) is 4.12 Å². The van der Waals surface area contributed by atoms with Crippen molar-refractivity contribution in [1.82, 2.24) is 0 Å². The Bertz CT molecular complexity index is 875. The maximum Gasteiger partial charge on any atom is 0.206 e. The van der Waals surface area contributed by atoms with Crippen molar-refractivity contribution in [2.24, 2.45) is 0 Å². The van der Waals surface area contributed by atoms with E-state index in [1.165, 1.54) is 69.5 Å². The molecule has 0 bridgehead atoms. The van der Waals surface area contributed by atoms with Gasteiger partial charge in [-0.25, -0.2) is 0 Å². The second kappa shape index (κ2) is 6.44. The van der Waals surface area contributed by atoms with Gasteiger partial charge in [-0.3, -0.25) is 0 Å². The van der Waals surface area contributed by atoms with Gasteiger partial charge in [0.05, 0.1) is 0 Å². The summed E-state index contributed by atoms with van der Waals surface area (Å²) >= 11 is 0. The molecule has 0 aliphatic heterocycles. The lowest BCUT2D eigenvalue weighted by atomic mass is 9.87. The molecule has 3 heteroatoms. The second-order valence-corrected chi connectivity index (χ2v) is 17.1. The summed E-state index contributed by atoms with van der Waals surface area (Å²) in [4.78, 5) is 0. The SMILES string of the molecule is C=C(c1ccc2c(c1)CC2)[Si](C)(C)O[Si](C)(C)C(=C)c1ccc2c(c1)CC2. The van der Waals surface area contributed by atoms with E-state index in [2.05, 4.69) is 75.7 Å². The minimum Gasteiger partial charge on any atom is -0.449 e. The van der Waals surface area contributed by atoms with Crippen LogP contribution in [0.15, 0.2) is 49.6 Å². The predicted molar refractivity (Wildman–Crippen MR) is 122 cm³/mol. The molecule has 0 N–H and O–H groups in total. The Morgan fingerprint density at radius 1 is 0.667 bits per heavy atom. The summed E-state index contributed by atoms with van der Waals surface area (Å²) in [6, 6.07) is 13.7. The Hall–Kier alpha value is -1.69. The molecule has 27 heavy (non-hydrogen) atoms. The van der Waals surface area contributed by atoms with E-state index >= 15 is 0 Å². The minimum absolute atomic E-state index is 1.20. The summed E-state index contributed by atoms with van der Waals surface area (Å²) in [5.74, 6) is 0. The normalized spacial score (nSPS) is 15.3. The fourth-order valence-corrected chi connectivity index (χ4v) is 12.0. The Balaban J connectivity index is 1.54. The highest BCUT2D eigenvalue weighted by Crippen LogP contribution is 2.36. The summed E-state index contributed by atoms with van der Waals surface area (Å²) in [7, 11) is -4.20. The Labute approximate surface area is 166 Å². The molecule has 0 saturated heterocycles. The molecule has 2 aromatic carbocycles. The third-order valence-electron chi connectivity index (χ3n) is 6.40. The molecule has 0 unspecified atom stereocenters.